The molecule has 6 heteroatoms. The number of aryl methyl sites for hydroxylation is 1. The molecule has 114 valence electrons. The van der Waals surface area contributed by atoms with E-state index in [9.17, 15) is 5.11 Å². The lowest BCUT2D eigenvalue weighted by atomic mass is 10.2. The van der Waals surface area contributed by atoms with Crippen LogP contribution in [0.4, 0.5) is 0 Å². The first kappa shape index (κ1) is 15.2. The summed E-state index contributed by atoms with van der Waals surface area (Å²) in [5.74, 6) is 2.09. The van der Waals surface area contributed by atoms with E-state index in [0.29, 0.717) is 18.1 Å². The van der Waals surface area contributed by atoms with Crippen molar-refractivity contribution in [3.63, 3.8) is 0 Å². The van der Waals surface area contributed by atoms with E-state index in [2.05, 4.69) is 12.0 Å². The molecule has 0 spiro atoms. The molecule has 0 saturated carbocycles. The zero-order chi connectivity index (χ0) is 15.4. The predicted octanol–water partition coefficient (Wildman–Crippen LogP) is 1.17. The first-order chi connectivity index (χ1) is 10.1. The summed E-state index contributed by atoms with van der Waals surface area (Å²) in [4.78, 5) is 0. The van der Waals surface area contributed by atoms with Crippen molar-refractivity contribution in [3.8, 4) is 28.9 Å². The second-order valence-electron chi connectivity index (χ2n) is 4.86. The highest BCUT2D eigenvalue weighted by Crippen LogP contribution is 2.31. The van der Waals surface area contributed by atoms with Crippen molar-refractivity contribution in [2.75, 3.05) is 13.7 Å². The first-order valence-corrected chi connectivity index (χ1v) is 6.99. The van der Waals surface area contributed by atoms with Crippen molar-refractivity contribution in [1.29, 1.82) is 0 Å². The number of nitrogens with zero attached hydrogens (tertiary/aromatic N) is 3. The fourth-order valence-electron chi connectivity index (χ4n) is 2.19. The Hall–Kier alpha value is -2.24. The van der Waals surface area contributed by atoms with E-state index in [1.54, 1.807) is 25.9 Å². The molecular formula is C15H21N3O3. The molecule has 0 N–H and O–H groups in total. The van der Waals surface area contributed by atoms with Crippen molar-refractivity contribution in [1.82, 2.24) is 9.78 Å². The highest BCUT2D eigenvalue weighted by Gasteiger charge is 2.19. The van der Waals surface area contributed by atoms with Gasteiger partial charge in [0.1, 0.15) is 0 Å². The lowest BCUT2D eigenvalue weighted by Crippen LogP contribution is -2.33. The number of rotatable bonds is 6. The average molecular weight is 291 g/mol. The van der Waals surface area contributed by atoms with Crippen LogP contribution in [-0.4, -0.2) is 23.5 Å². The van der Waals surface area contributed by atoms with Crippen LogP contribution in [0.2, 0.25) is 0 Å². The summed E-state index contributed by atoms with van der Waals surface area (Å²) >= 11 is 0. The van der Waals surface area contributed by atoms with Gasteiger partial charge in [-0.05, 0) is 24.6 Å². The molecule has 0 aliphatic heterocycles. The molecule has 0 amide bonds. The fraction of sp³-hybridized carbons (Fsp3) is 0.467. The Balaban J connectivity index is 2.39. The van der Waals surface area contributed by atoms with Gasteiger partial charge in [0.25, 0.3) is 5.82 Å². The van der Waals surface area contributed by atoms with Gasteiger partial charge in [-0.25, -0.2) is 4.57 Å². The third kappa shape index (κ3) is 3.09. The molecule has 6 nitrogen and oxygen atoms in total. The Labute approximate surface area is 124 Å². The zero-order valence-electron chi connectivity index (χ0n) is 12.9. The zero-order valence-corrected chi connectivity index (χ0v) is 12.9. The van der Waals surface area contributed by atoms with Gasteiger partial charge in [-0.3, -0.25) is 0 Å². The Kier molecular flexibility index (Phi) is 4.67. The summed E-state index contributed by atoms with van der Waals surface area (Å²) in [6.45, 7) is 2.75. The van der Waals surface area contributed by atoms with Crippen molar-refractivity contribution in [2.45, 2.75) is 19.8 Å². The smallest absolute Gasteiger partial charge is 0.266 e. The van der Waals surface area contributed by atoms with E-state index in [1.807, 2.05) is 18.2 Å². The molecule has 0 aliphatic carbocycles. The highest BCUT2D eigenvalue weighted by molar-refractivity contribution is 5.59. The van der Waals surface area contributed by atoms with Crippen molar-refractivity contribution in [3.05, 3.63) is 18.2 Å². The van der Waals surface area contributed by atoms with Gasteiger partial charge in [0, 0.05) is 5.10 Å². The van der Waals surface area contributed by atoms with E-state index in [0.717, 1.165) is 24.2 Å². The number of benzene rings is 1. The first-order valence-electron chi connectivity index (χ1n) is 6.99. The highest BCUT2D eigenvalue weighted by atomic mass is 16.5. The van der Waals surface area contributed by atoms with Crippen LogP contribution in [0.25, 0.3) is 11.4 Å². The molecule has 0 radical (unpaired) electrons. The molecule has 1 aromatic heterocycles. The minimum atomic E-state index is -0.281. The number of methoxy groups -OCH3 is 1. The summed E-state index contributed by atoms with van der Waals surface area (Å²) < 4.78 is 14.2. The number of hydrogen-bond donors (Lipinski definition) is 0. The molecule has 2 aromatic rings. The minimum Gasteiger partial charge on any atom is -0.818 e. The van der Waals surface area contributed by atoms with Crippen LogP contribution in [0.3, 0.4) is 0 Å². The third-order valence-corrected chi connectivity index (χ3v) is 3.32. The number of ether oxygens (including phenoxy) is 2. The Morgan fingerprint density at radius 2 is 2.10 bits per heavy atom. The molecule has 1 aromatic carbocycles. The van der Waals surface area contributed by atoms with Gasteiger partial charge in [-0.1, -0.05) is 13.3 Å². The van der Waals surface area contributed by atoms with Gasteiger partial charge in [-0.15, -0.1) is 4.68 Å². The van der Waals surface area contributed by atoms with Gasteiger partial charge >= 0.3 is 0 Å². The van der Waals surface area contributed by atoms with Gasteiger partial charge in [0.15, 0.2) is 11.5 Å². The Bertz CT molecular complexity index is 623. The van der Waals surface area contributed by atoms with Gasteiger partial charge in [-0.2, -0.15) is 0 Å². The van der Waals surface area contributed by atoms with Crippen LogP contribution >= 0.6 is 0 Å². The van der Waals surface area contributed by atoms with Crippen molar-refractivity contribution < 1.29 is 19.1 Å². The Morgan fingerprint density at radius 3 is 2.67 bits per heavy atom. The summed E-state index contributed by atoms with van der Waals surface area (Å²) in [6.07, 6.45) is 2.05. The van der Waals surface area contributed by atoms with E-state index in [1.165, 1.54) is 4.57 Å². The number of unbranched alkanes of at least 4 members (excludes halogenated alkanes) is 1. The number of aromatic nitrogens is 3. The molecular weight excluding hydrogens is 270 g/mol. The monoisotopic (exact) mass is 291 g/mol. The fourth-order valence-corrected chi connectivity index (χ4v) is 2.19. The number of hydrogen-bond acceptors (Lipinski definition) is 4. The van der Waals surface area contributed by atoms with E-state index in [-0.39, 0.29) is 6.01 Å². The van der Waals surface area contributed by atoms with Crippen LogP contribution in [0.5, 0.6) is 17.5 Å². The predicted molar refractivity (Wildman–Crippen MR) is 76.2 cm³/mol. The maximum Gasteiger partial charge on any atom is 0.266 e. The van der Waals surface area contributed by atoms with E-state index >= 15 is 0 Å². The van der Waals surface area contributed by atoms with Gasteiger partial charge < -0.3 is 14.6 Å². The second-order valence-corrected chi connectivity index (χ2v) is 4.86. The summed E-state index contributed by atoms with van der Waals surface area (Å²) in [5, 5.41) is 15.5. The van der Waals surface area contributed by atoms with E-state index in [4.69, 9.17) is 9.47 Å². The van der Waals surface area contributed by atoms with Crippen molar-refractivity contribution >= 4 is 0 Å². The molecule has 0 atom stereocenters. The third-order valence-electron chi connectivity index (χ3n) is 3.32. The van der Waals surface area contributed by atoms with Crippen LogP contribution in [-0.2, 0) is 14.1 Å². The maximum atomic E-state index is 11.6. The SMILES string of the molecule is CCCCOc1cc(-c2n(C)nc([O-])[n+]2C)ccc1OC. The lowest BCUT2D eigenvalue weighted by Gasteiger charge is -2.11. The molecule has 0 fully saturated rings. The van der Waals surface area contributed by atoms with Gasteiger partial charge in [0.05, 0.1) is 33.4 Å². The molecule has 1 heterocycles. The summed E-state index contributed by atoms with van der Waals surface area (Å²) in [5.41, 5.74) is 0.863. The maximum absolute atomic E-state index is 11.6. The van der Waals surface area contributed by atoms with Crippen LogP contribution in [0.15, 0.2) is 18.2 Å². The Morgan fingerprint density at radius 1 is 1.33 bits per heavy atom. The molecule has 0 bridgehead atoms. The lowest BCUT2D eigenvalue weighted by molar-refractivity contribution is -0.705. The molecule has 0 unspecified atom stereocenters. The normalized spacial score (nSPS) is 10.7. The second kappa shape index (κ2) is 6.47. The molecule has 21 heavy (non-hydrogen) atoms. The quantitative estimate of drug-likeness (QED) is 0.592. The standard InChI is InChI=1S/C15H21N3O3/c1-5-6-9-21-13-10-11(7-8-12(13)20-4)14-17(2)15(19)16-18(14)3/h7-8,10H,5-6,9H2,1-4H3. The average Bonchev–Trinajstić information content (AvgIpc) is 2.72. The molecule has 0 saturated heterocycles. The van der Waals surface area contributed by atoms with Crippen LogP contribution in [0, 0.1) is 0 Å². The van der Waals surface area contributed by atoms with Crippen molar-refractivity contribution in [2.24, 2.45) is 14.1 Å². The van der Waals surface area contributed by atoms with Gasteiger partial charge in [0.2, 0.25) is 6.01 Å². The minimum absolute atomic E-state index is 0.281. The molecule has 0 aliphatic rings. The summed E-state index contributed by atoms with van der Waals surface area (Å²) in [6, 6.07) is 5.33. The topological polar surface area (TPSA) is 63.2 Å². The van der Waals surface area contributed by atoms with Crippen LogP contribution < -0.4 is 19.1 Å². The largest absolute Gasteiger partial charge is 0.818 e. The van der Waals surface area contributed by atoms with Crippen LogP contribution in [0.1, 0.15) is 19.8 Å². The van der Waals surface area contributed by atoms with E-state index < -0.39 is 0 Å². The molecule has 2 rings (SSSR count). The summed E-state index contributed by atoms with van der Waals surface area (Å²) in [7, 11) is 5.06.